The lowest BCUT2D eigenvalue weighted by Crippen LogP contribution is -2.13. The molecule has 0 spiro atoms. The number of hydrogen-bond acceptors (Lipinski definition) is 3. The highest BCUT2D eigenvalue weighted by molar-refractivity contribution is 5.30. The molecular weight excluding hydrogens is 255 g/mol. The first-order valence-electron chi connectivity index (χ1n) is 6.43. The van der Waals surface area contributed by atoms with Crippen LogP contribution < -0.4 is 0 Å². The molecule has 2 atom stereocenters. The lowest BCUT2D eigenvalue weighted by Gasteiger charge is -2.21. The van der Waals surface area contributed by atoms with Gasteiger partial charge in [0.2, 0.25) is 0 Å². The number of aliphatic hydroxyl groups excluding tert-OH is 1. The van der Waals surface area contributed by atoms with E-state index in [0.717, 1.165) is 11.8 Å². The Hall–Kier alpha value is -2.25. The molecular formula is C16H15FN2O. The van der Waals surface area contributed by atoms with Gasteiger partial charge in [-0.05, 0) is 24.1 Å². The van der Waals surface area contributed by atoms with Gasteiger partial charge >= 0.3 is 0 Å². The van der Waals surface area contributed by atoms with Crippen LogP contribution in [0, 0.1) is 17.1 Å². The van der Waals surface area contributed by atoms with Crippen LogP contribution >= 0.6 is 0 Å². The number of pyridine rings is 1. The number of halogens is 1. The van der Waals surface area contributed by atoms with E-state index in [1.54, 1.807) is 6.07 Å². The zero-order valence-corrected chi connectivity index (χ0v) is 10.9. The largest absolute Gasteiger partial charge is 0.396 e. The molecule has 20 heavy (non-hydrogen) atoms. The Bertz CT molecular complexity index is 578. The summed E-state index contributed by atoms with van der Waals surface area (Å²) < 4.78 is 13.0. The molecule has 0 fully saturated rings. The van der Waals surface area contributed by atoms with E-state index in [9.17, 15) is 14.8 Å². The molecule has 0 amide bonds. The van der Waals surface area contributed by atoms with Crippen LogP contribution in [-0.2, 0) is 0 Å². The van der Waals surface area contributed by atoms with Gasteiger partial charge in [-0.25, -0.2) is 4.39 Å². The summed E-state index contributed by atoms with van der Waals surface area (Å²) in [6.45, 7) is -0.0469. The van der Waals surface area contributed by atoms with E-state index in [1.807, 2.05) is 30.3 Å². The highest BCUT2D eigenvalue weighted by Gasteiger charge is 2.25. The molecule has 1 heterocycles. The van der Waals surface area contributed by atoms with Crippen molar-refractivity contribution in [3.05, 3.63) is 65.7 Å². The summed E-state index contributed by atoms with van der Waals surface area (Å²) in [4.78, 5) is 4.05. The zero-order valence-electron chi connectivity index (χ0n) is 10.9. The summed E-state index contributed by atoms with van der Waals surface area (Å²) in [6, 6.07) is 14.5. The van der Waals surface area contributed by atoms with Gasteiger partial charge in [0, 0.05) is 18.2 Å². The van der Waals surface area contributed by atoms with E-state index in [4.69, 9.17) is 0 Å². The van der Waals surface area contributed by atoms with Crippen molar-refractivity contribution in [1.29, 1.82) is 5.26 Å². The molecule has 102 valence electrons. The van der Waals surface area contributed by atoms with Crippen molar-refractivity contribution in [2.75, 3.05) is 6.61 Å². The molecule has 0 aliphatic heterocycles. The van der Waals surface area contributed by atoms with Gasteiger partial charge in [0.05, 0.1) is 18.2 Å². The molecule has 0 saturated heterocycles. The van der Waals surface area contributed by atoms with Gasteiger partial charge in [-0.3, -0.25) is 4.98 Å². The summed E-state index contributed by atoms with van der Waals surface area (Å²) >= 11 is 0. The molecule has 1 N–H and O–H groups in total. The van der Waals surface area contributed by atoms with Crippen LogP contribution in [0.1, 0.15) is 29.5 Å². The molecule has 1 aromatic heterocycles. The molecule has 0 bridgehead atoms. The first-order chi connectivity index (χ1) is 9.76. The van der Waals surface area contributed by atoms with Crippen LogP contribution in [-0.4, -0.2) is 16.7 Å². The number of aliphatic hydroxyl groups is 1. The minimum atomic E-state index is -0.415. The zero-order chi connectivity index (χ0) is 14.4. The molecule has 0 radical (unpaired) electrons. The Kier molecular flexibility index (Phi) is 4.80. The summed E-state index contributed by atoms with van der Waals surface area (Å²) in [7, 11) is 0. The van der Waals surface area contributed by atoms with Crippen LogP contribution in [0.5, 0.6) is 0 Å². The normalized spacial score (nSPS) is 13.4. The second-order valence-corrected chi connectivity index (χ2v) is 4.54. The maximum atomic E-state index is 13.0. The van der Waals surface area contributed by atoms with E-state index in [1.165, 1.54) is 6.07 Å². The van der Waals surface area contributed by atoms with Crippen molar-refractivity contribution in [2.45, 2.75) is 18.3 Å². The van der Waals surface area contributed by atoms with Gasteiger partial charge in [0.15, 0.2) is 0 Å². The van der Waals surface area contributed by atoms with Gasteiger partial charge in [-0.15, -0.1) is 0 Å². The first-order valence-corrected chi connectivity index (χ1v) is 6.43. The van der Waals surface area contributed by atoms with Crippen LogP contribution in [0.4, 0.5) is 4.39 Å². The van der Waals surface area contributed by atoms with E-state index < -0.39 is 11.7 Å². The first kappa shape index (κ1) is 14.2. The topological polar surface area (TPSA) is 56.9 Å². The predicted octanol–water partition coefficient (Wildman–Crippen LogP) is 2.99. The molecule has 3 nitrogen and oxygen atoms in total. The maximum Gasteiger partial charge on any atom is 0.141 e. The number of benzene rings is 1. The molecule has 0 aliphatic rings. The van der Waals surface area contributed by atoms with Crippen molar-refractivity contribution < 1.29 is 9.50 Å². The van der Waals surface area contributed by atoms with E-state index >= 15 is 0 Å². The summed E-state index contributed by atoms with van der Waals surface area (Å²) in [6.07, 6.45) is 1.55. The number of hydrogen-bond donors (Lipinski definition) is 1. The summed E-state index contributed by atoms with van der Waals surface area (Å²) in [5.41, 5.74) is 1.50. The average molecular weight is 270 g/mol. The summed E-state index contributed by atoms with van der Waals surface area (Å²) in [5.74, 6) is -1.08. The fourth-order valence-corrected chi connectivity index (χ4v) is 2.29. The minimum Gasteiger partial charge on any atom is -0.396 e. The van der Waals surface area contributed by atoms with E-state index in [0.29, 0.717) is 12.1 Å². The van der Waals surface area contributed by atoms with E-state index in [2.05, 4.69) is 11.1 Å². The highest BCUT2D eigenvalue weighted by atomic mass is 19.1. The Morgan fingerprint density at radius 2 is 1.95 bits per heavy atom. The third-order valence-corrected chi connectivity index (χ3v) is 3.27. The van der Waals surface area contributed by atoms with Gasteiger partial charge in [0.25, 0.3) is 0 Å². The molecule has 4 heteroatoms. The van der Waals surface area contributed by atoms with Gasteiger partial charge in [0.1, 0.15) is 5.82 Å². The van der Waals surface area contributed by atoms with Crippen molar-refractivity contribution >= 4 is 0 Å². The van der Waals surface area contributed by atoms with Crippen molar-refractivity contribution in [2.24, 2.45) is 0 Å². The fourth-order valence-electron chi connectivity index (χ4n) is 2.29. The smallest absolute Gasteiger partial charge is 0.141 e. The van der Waals surface area contributed by atoms with Crippen molar-refractivity contribution in [3.8, 4) is 6.07 Å². The second-order valence-electron chi connectivity index (χ2n) is 4.54. The molecule has 2 aromatic rings. The van der Waals surface area contributed by atoms with Crippen LogP contribution in [0.3, 0.4) is 0 Å². The monoisotopic (exact) mass is 270 g/mol. The van der Waals surface area contributed by atoms with E-state index in [-0.39, 0.29) is 12.5 Å². The fraction of sp³-hybridized carbons (Fsp3) is 0.250. The Labute approximate surface area is 117 Å². The van der Waals surface area contributed by atoms with Gasteiger partial charge < -0.3 is 5.11 Å². The third kappa shape index (κ3) is 3.19. The van der Waals surface area contributed by atoms with Gasteiger partial charge in [-0.2, -0.15) is 5.26 Å². The molecule has 2 rings (SSSR count). The maximum absolute atomic E-state index is 13.0. The summed E-state index contributed by atoms with van der Waals surface area (Å²) in [5, 5.41) is 18.7. The number of nitriles is 1. The number of aromatic nitrogens is 1. The van der Waals surface area contributed by atoms with Crippen molar-refractivity contribution in [1.82, 2.24) is 4.98 Å². The molecule has 0 aliphatic carbocycles. The standard InChI is InChI=1S/C16H15FN2O/c17-13-6-7-16(19-11-13)14(8-9-20)15(10-18)12-4-2-1-3-5-12/h1-7,11,14-15,20H,8-9H2/t14-,15-/m1/s1. The molecule has 1 aromatic carbocycles. The number of nitrogens with zero attached hydrogens (tertiary/aromatic N) is 2. The predicted molar refractivity (Wildman–Crippen MR) is 73.4 cm³/mol. The van der Waals surface area contributed by atoms with Crippen molar-refractivity contribution in [3.63, 3.8) is 0 Å². The van der Waals surface area contributed by atoms with Crippen LogP contribution in [0.15, 0.2) is 48.7 Å². The Morgan fingerprint density at radius 1 is 1.20 bits per heavy atom. The average Bonchev–Trinajstić information content (AvgIpc) is 2.49. The van der Waals surface area contributed by atoms with Gasteiger partial charge in [-0.1, -0.05) is 30.3 Å². The highest BCUT2D eigenvalue weighted by Crippen LogP contribution is 2.34. The van der Waals surface area contributed by atoms with Crippen LogP contribution in [0.25, 0.3) is 0 Å². The molecule has 0 saturated carbocycles. The third-order valence-electron chi connectivity index (χ3n) is 3.27. The lowest BCUT2D eigenvalue weighted by atomic mass is 9.82. The quantitative estimate of drug-likeness (QED) is 0.908. The Balaban J connectivity index is 2.36. The molecule has 0 unspecified atom stereocenters. The second kappa shape index (κ2) is 6.78. The Morgan fingerprint density at radius 3 is 2.50 bits per heavy atom. The number of rotatable bonds is 5. The minimum absolute atomic E-state index is 0.0469. The SMILES string of the molecule is N#C[C@H](c1ccccc1)[C@@H](CCO)c1ccc(F)cn1. The van der Waals surface area contributed by atoms with Crippen LogP contribution in [0.2, 0.25) is 0 Å². The lowest BCUT2D eigenvalue weighted by molar-refractivity contribution is 0.271.